The number of carbonyl (C=O) groups excluding carboxylic acids is 1. The highest BCUT2D eigenvalue weighted by atomic mass is 32.2. The van der Waals surface area contributed by atoms with Crippen LogP contribution < -0.4 is 5.32 Å². The molecule has 0 spiro atoms. The Balaban J connectivity index is 1.40. The Hall–Kier alpha value is -2.12. The van der Waals surface area contributed by atoms with Gasteiger partial charge in [0.15, 0.2) is 0 Å². The van der Waals surface area contributed by atoms with Crippen LogP contribution in [0.25, 0.3) is 10.8 Å². The van der Waals surface area contributed by atoms with Crippen molar-refractivity contribution in [3.63, 3.8) is 0 Å². The third kappa shape index (κ3) is 3.68. The van der Waals surface area contributed by atoms with Gasteiger partial charge in [0.2, 0.25) is 5.91 Å². The fourth-order valence-electron chi connectivity index (χ4n) is 3.15. The number of nitrogens with one attached hydrogen (secondary N) is 1. The summed E-state index contributed by atoms with van der Waals surface area (Å²) < 4.78 is 5.67. The van der Waals surface area contributed by atoms with Crippen LogP contribution in [0.4, 0.5) is 0 Å². The number of hydrogen-bond acceptors (Lipinski definition) is 6. The third-order valence-electron chi connectivity index (χ3n) is 4.47. The first-order valence-electron chi connectivity index (χ1n) is 8.63. The molecule has 5 nitrogen and oxygen atoms in total. The molecule has 1 amide bonds. The van der Waals surface area contributed by atoms with Crippen LogP contribution in [-0.2, 0) is 11.2 Å². The molecule has 1 aliphatic carbocycles. The highest BCUT2D eigenvalue weighted by Gasteiger charge is 2.25. The first-order chi connectivity index (χ1) is 12.7. The van der Waals surface area contributed by atoms with Gasteiger partial charge < -0.3 is 9.73 Å². The minimum absolute atomic E-state index is 0.00687. The van der Waals surface area contributed by atoms with Crippen molar-refractivity contribution in [2.75, 3.05) is 0 Å². The van der Waals surface area contributed by atoms with Gasteiger partial charge in [0, 0.05) is 0 Å². The number of carbonyl (C=O) groups is 1. The van der Waals surface area contributed by atoms with Crippen LogP contribution >= 0.6 is 23.1 Å². The number of nitrogens with zero attached hydrogens (tertiary/aromatic N) is 2. The molecule has 0 aliphatic heterocycles. The smallest absolute Gasteiger partial charge is 0.277 e. The van der Waals surface area contributed by atoms with E-state index in [1.165, 1.54) is 22.9 Å². The second kappa shape index (κ2) is 7.63. The van der Waals surface area contributed by atoms with E-state index in [4.69, 9.17) is 4.42 Å². The highest BCUT2D eigenvalue weighted by Crippen LogP contribution is 2.31. The number of aromatic nitrogens is 2. The maximum absolute atomic E-state index is 12.6. The van der Waals surface area contributed by atoms with Crippen molar-refractivity contribution in [3.05, 3.63) is 52.9 Å². The van der Waals surface area contributed by atoms with Crippen LogP contribution in [0.3, 0.4) is 0 Å². The van der Waals surface area contributed by atoms with E-state index in [0.717, 1.165) is 24.1 Å². The Morgan fingerprint density at radius 1 is 1.31 bits per heavy atom. The molecule has 1 N–H and O–H groups in total. The van der Waals surface area contributed by atoms with Gasteiger partial charge in [0.25, 0.3) is 11.1 Å². The summed E-state index contributed by atoms with van der Waals surface area (Å²) in [5.74, 6) is 0.490. The molecule has 4 rings (SSSR count). The maximum atomic E-state index is 12.6. The van der Waals surface area contributed by atoms with E-state index in [-0.39, 0.29) is 17.2 Å². The molecule has 0 radical (unpaired) electrons. The predicted molar refractivity (Wildman–Crippen MR) is 103 cm³/mol. The Bertz CT molecular complexity index is 892. The van der Waals surface area contributed by atoms with Crippen molar-refractivity contribution in [2.45, 2.75) is 42.7 Å². The highest BCUT2D eigenvalue weighted by molar-refractivity contribution is 8.00. The van der Waals surface area contributed by atoms with Gasteiger partial charge in [-0.2, -0.15) is 0 Å². The zero-order valence-electron chi connectivity index (χ0n) is 14.3. The van der Waals surface area contributed by atoms with Gasteiger partial charge in [-0.3, -0.25) is 4.79 Å². The number of fused-ring (bicyclic) bond motifs is 1. The zero-order chi connectivity index (χ0) is 17.9. The van der Waals surface area contributed by atoms with Crippen molar-refractivity contribution in [3.8, 4) is 10.8 Å². The largest absolute Gasteiger partial charge is 0.410 e. The van der Waals surface area contributed by atoms with Crippen molar-refractivity contribution < 1.29 is 9.21 Å². The van der Waals surface area contributed by atoms with Crippen molar-refractivity contribution in [1.29, 1.82) is 0 Å². The molecule has 0 bridgehead atoms. The average Bonchev–Trinajstić information content (AvgIpc) is 3.33. The zero-order valence-corrected chi connectivity index (χ0v) is 16.0. The lowest BCUT2D eigenvalue weighted by molar-refractivity contribution is -0.121. The van der Waals surface area contributed by atoms with Crippen LogP contribution in [-0.4, -0.2) is 21.4 Å². The molecule has 0 saturated heterocycles. The fourth-order valence-corrected chi connectivity index (χ4v) is 4.49. The molecular weight excluding hydrogens is 366 g/mol. The topological polar surface area (TPSA) is 68.0 Å². The SMILES string of the molecule is CC(Sc1nnc(-c2cccs2)o1)C(=O)NC1CCCc2ccccc21. The summed E-state index contributed by atoms with van der Waals surface area (Å²) in [4.78, 5) is 13.6. The van der Waals surface area contributed by atoms with Crippen molar-refractivity contribution >= 4 is 29.0 Å². The van der Waals surface area contributed by atoms with E-state index in [9.17, 15) is 4.79 Å². The van der Waals surface area contributed by atoms with Gasteiger partial charge in [-0.1, -0.05) is 42.1 Å². The van der Waals surface area contributed by atoms with Crippen LogP contribution in [0.5, 0.6) is 0 Å². The van der Waals surface area contributed by atoms with Crippen LogP contribution in [0, 0.1) is 0 Å². The minimum Gasteiger partial charge on any atom is -0.410 e. The molecule has 0 saturated carbocycles. The maximum Gasteiger partial charge on any atom is 0.277 e. The number of thioether (sulfide) groups is 1. The van der Waals surface area contributed by atoms with Gasteiger partial charge in [-0.05, 0) is 48.8 Å². The lowest BCUT2D eigenvalue weighted by atomic mass is 9.88. The first kappa shape index (κ1) is 17.3. The summed E-state index contributed by atoms with van der Waals surface area (Å²) in [6.07, 6.45) is 3.15. The van der Waals surface area contributed by atoms with Gasteiger partial charge in [-0.15, -0.1) is 21.5 Å². The standard InChI is InChI=1S/C19H19N3O2S2/c1-12(26-19-22-21-18(24-19)16-10-5-11-25-16)17(23)20-15-9-4-7-13-6-2-3-8-14(13)15/h2-3,5-6,8,10-12,15H,4,7,9H2,1H3,(H,20,23). The Morgan fingerprint density at radius 2 is 2.19 bits per heavy atom. The predicted octanol–water partition coefficient (Wildman–Crippen LogP) is 4.47. The third-order valence-corrected chi connectivity index (χ3v) is 6.26. The van der Waals surface area contributed by atoms with Crippen molar-refractivity contribution in [1.82, 2.24) is 15.5 Å². The van der Waals surface area contributed by atoms with E-state index in [1.807, 2.05) is 30.5 Å². The number of rotatable bonds is 5. The van der Waals surface area contributed by atoms with Gasteiger partial charge in [0.05, 0.1) is 16.2 Å². The van der Waals surface area contributed by atoms with Gasteiger partial charge >= 0.3 is 0 Å². The molecule has 7 heteroatoms. The Kier molecular flexibility index (Phi) is 5.08. The number of amides is 1. The van der Waals surface area contributed by atoms with Gasteiger partial charge in [-0.25, -0.2) is 0 Å². The number of benzene rings is 1. The van der Waals surface area contributed by atoms with E-state index in [1.54, 1.807) is 11.3 Å². The molecule has 2 aromatic heterocycles. The lowest BCUT2D eigenvalue weighted by Gasteiger charge is -2.27. The first-order valence-corrected chi connectivity index (χ1v) is 10.4. The second-order valence-corrected chi connectivity index (χ2v) is 8.50. The molecule has 2 atom stereocenters. The second-order valence-electron chi connectivity index (χ2n) is 6.26. The monoisotopic (exact) mass is 385 g/mol. The summed E-state index contributed by atoms with van der Waals surface area (Å²) in [5, 5.41) is 13.4. The van der Waals surface area contributed by atoms with E-state index < -0.39 is 0 Å². The number of hydrogen-bond donors (Lipinski definition) is 1. The minimum atomic E-state index is -0.305. The molecule has 1 aliphatic rings. The van der Waals surface area contributed by atoms with Gasteiger partial charge in [0.1, 0.15) is 0 Å². The molecule has 2 heterocycles. The summed E-state index contributed by atoms with van der Waals surface area (Å²) in [6, 6.07) is 12.3. The van der Waals surface area contributed by atoms with E-state index in [2.05, 4.69) is 33.7 Å². The van der Waals surface area contributed by atoms with E-state index >= 15 is 0 Å². The number of thiophene rings is 1. The average molecular weight is 386 g/mol. The summed E-state index contributed by atoms with van der Waals surface area (Å²) in [7, 11) is 0. The molecule has 0 fully saturated rings. The summed E-state index contributed by atoms with van der Waals surface area (Å²) in [6.45, 7) is 1.86. The quantitative estimate of drug-likeness (QED) is 0.656. The van der Waals surface area contributed by atoms with Crippen molar-refractivity contribution in [2.24, 2.45) is 0 Å². The van der Waals surface area contributed by atoms with Crippen LogP contribution in [0.15, 0.2) is 51.4 Å². The Labute approximate surface area is 160 Å². The summed E-state index contributed by atoms with van der Waals surface area (Å²) >= 11 is 2.84. The summed E-state index contributed by atoms with van der Waals surface area (Å²) in [5.41, 5.74) is 2.57. The molecule has 1 aromatic carbocycles. The molecular formula is C19H19N3O2S2. The fraction of sp³-hybridized carbons (Fsp3) is 0.316. The van der Waals surface area contributed by atoms with E-state index in [0.29, 0.717) is 11.1 Å². The van der Waals surface area contributed by atoms with Crippen LogP contribution in [0.1, 0.15) is 36.9 Å². The molecule has 26 heavy (non-hydrogen) atoms. The van der Waals surface area contributed by atoms with Crippen LogP contribution in [0.2, 0.25) is 0 Å². The molecule has 3 aromatic rings. The molecule has 134 valence electrons. The number of aryl methyl sites for hydroxylation is 1. The normalized spacial score (nSPS) is 17.5. The lowest BCUT2D eigenvalue weighted by Crippen LogP contribution is -2.35. The Morgan fingerprint density at radius 3 is 3.04 bits per heavy atom. The molecule has 2 unspecified atom stereocenters.